The normalized spacial score (nSPS) is 18.4. The summed E-state index contributed by atoms with van der Waals surface area (Å²) >= 11 is 1.44. The Balaban J connectivity index is 1.59. The maximum atomic E-state index is 12.2. The molecule has 1 aliphatic carbocycles. The van der Waals surface area contributed by atoms with E-state index in [1.54, 1.807) is 7.11 Å². The molecule has 4 rings (SSSR count). The lowest BCUT2D eigenvalue weighted by Crippen LogP contribution is -2.33. The minimum atomic E-state index is 0.0624. The lowest BCUT2D eigenvalue weighted by molar-refractivity contribution is -0.118. The summed E-state index contributed by atoms with van der Waals surface area (Å²) in [6, 6.07) is 8.46. The van der Waals surface area contributed by atoms with Crippen molar-refractivity contribution in [1.29, 1.82) is 0 Å². The Kier molecular flexibility index (Phi) is 6.40. The Hall–Kier alpha value is -2.06. The smallest absolute Gasteiger partial charge is 0.230 e. The monoisotopic (exact) mass is 415 g/mol. The van der Waals surface area contributed by atoms with E-state index in [1.807, 2.05) is 24.3 Å². The standard InChI is InChI=1S/C21H29N5O2S/c1-15(25-12-4-3-5-13-25)20-23-24-21(29-14-19(27)22-16-6-7-16)26(20)17-8-10-18(28-2)11-9-17/h8-11,15-16H,3-7,12-14H2,1-2H3,(H,22,27). The Labute approximate surface area is 176 Å². The van der Waals surface area contributed by atoms with Gasteiger partial charge in [-0.3, -0.25) is 14.3 Å². The van der Waals surface area contributed by atoms with Gasteiger partial charge in [0, 0.05) is 11.7 Å². The zero-order valence-electron chi connectivity index (χ0n) is 17.1. The number of aromatic nitrogens is 3. The fraction of sp³-hybridized carbons (Fsp3) is 0.571. The number of benzene rings is 1. The molecule has 1 aliphatic heterocycles. The van der Waals surface area contributed by atoms with Crippen molar-refractivity contribution in [2.45, 2.75) is 56.3 Å². The first-order valence-corrected chi connectivity index (χ1v) is 11.4. The van der Waals surface area contributed by atoms with Gasteiger partial charge in [-0.1, -0.05) is 18.2 Å². The van der Waals surface area contributed by atoms with Crippen LogP contribution >= 0.6 is 11.8 Å². The number of carbonyl (C=O) groups is 1. The van der Waals surface area contributed by atoms with Crippen molar-refractivity contribution in [3.8, 4) is 11.4 Å². The van der Waals surface area contributed by atoms with Gasteiger partial charge in [0.15, 0.2) is 11.0 Å². The van der Waals surface area contributed by atoms with Crippen LogP contribution in [0.4, 0.5) is 0 Å². The number of ether oxygens (including phenoxy) is 1. The molecule has 0 radical (unpaired) electrons. The summed E-state index contributed by atoms with van der Waals surface area (Å²) in [5, 5.41) is 12.8. The molecule has 1 atom stereocenters. The van der Waals surface area contributed by atoms with E-state index in [0.717, 1.165) is 48.3 Å². The first-order chi connectivity index (χ1) is 14.2. The highest BCUT2D eigenvalue weighted by Gasteiger charge is 2.27. The zero-order valence-corrected chi connectivity index (χ0v) is 18.0. The van der Waals surface area contributed by atoms with Crippen LogP contribution in [0.2, 0.25) is 0 Å². The van der Waals surface area contributed by atoms with E-state index in [2.05, 4.69) is 31.9 Å². The molecule has 156 valence electrons. The average molecular weight is 416 g/mol. The molecule has 0 bridgehead atoms. The van der Waals surface area contributed by atoms with E-state index < -0.39 is 0 Å². The number of nitrogens with one attached hydrogen (secondary N) is 1. The average Bonchev–Trinajstić information content (AvgIpc) is 3.48. The molecule has 1 saturated carbocycles. The van der Waals surface area contributed by atoms with Crippen molar-refractivity contribution in [2.75, 3.05) is 26.0 Å². The highest BCUT2D eigenvalue weighted by atomic mass is 32.2. The summed E-state index contributed by atoms with van der Waals surface area (Å²) in [6.07, 6.45) is 5.94. The largest absolute Gasteiger partial charge is 0.497 e. The van der Waals surface area contributed by atoms with Crippen LogP contribution in [0.3, 0.4) is 0 Å². The second kappa shape index (κ2) is 9.17. The van der Waals surface area contributed by atoms with Gasteiger partial charge in [-0.25, -0.2) is 0 Å². The van der Waals surface area contributed by atoms with E-state index in [4.69, 9.17) is 4.74 Å². The molecule has 1 N–H and O–H groups in total. The number of carbonyl (C=O) groups excluding carboxylic acids is 1. The molecule has 2 aliphatic rings. The highest BCUT2D eigenvalue weighted by Crippen LogP contribution is 2.30. The molecule has 1 amide bonds. The fourth-order valence-electron chi connectivity index (χ4n) is 3.72. The third-order valence-corrected chi connectivity index (χ3v) is 6.50. The molecule has 2 aromatic rings. The van der Waals surface area contributed by atoms with Gasteiger partial charge in [-0.2, -0.15) is 0 Å². The predicted molar refractivity (Wildman–Crippen MR) is 114 cm³/mol. The molecule has 1 unspecified atom stereocenters. The summed E-state index contributed by atoms with van der Waals surface area (Å²) in [4.78, 5) is 14.6. The van der Waals surface area contributed by atoms with E-state index in [1.165, 1.54) is 31.0 Å². The second-order valence-electron chi connectivity index (χ2n) is 7.78. The van der Waals surface area contributed by atoms with Crippen LogP contribution in [-0.2, 0) is 4.79 Å². The lowest BCUT2D eigenvalue weighted by atomic mass is 10.1. The van der Waals surface area contributed by atoms with Crippen LogP contribution < -0.4 is 10.1 Å². The van der Waals surface area contributed by atoms with Gasteiger partial charge in [0.25, 0.3) is 0 Å². The van der Waals surface area contributed by atoms with Crippen LogP contribution in [0.5, 0.6) is 5.75 Å². The molecule has 7 nitrogen and oxygen atoms in total. The minimum absolute atomic E-state index is 0.0624. The van der Waals surface area contributed by atoms with Crippen LogP contribution in [0.1, 0.15) is 50.9 Å². The van der Waals surface area contributed by atoms with Crippen LogP contribution in [0.25, 0.3) is 5.69 Å². The van der Waals surface area contributed by atoms with Gasteiger partial charge in [-0.15, -0.1) is 10.2 Å². The third kappa shape index (κ3) is 4.93. The first-order valence-electron chi connectivity index (χ1n) is 10.4. The number of thioether (sulfide) groups is 1. The predicted octanol–water partition coefficient (Wildman–Crippen LogP) is 3.19. The number of hydrogen-bond donors (Lipinski definition) is 1. The molecule has 8 heteroatoms. The lowest BCUT2D eigenvalue weighted by Gasteiger charge is -2.31. The van der Waals surface area contributed by atoms with Crippen LogP contribution in [-0.4, -0.2) is 57.6 Å². The third-order valence-electron chi connectivity index (χ3n) is 5.58. The molecule has 1 aromatic carbocycles. The number of amides is 1. The maximum Gasteiger partial charge on any atom is 0.230 e. The zero-order chi connectivity index (χ0) is 20.2. The van der Waals surface area contributed by atoms with E-state index >= 15 is 0 Å². The first kappa shape index (κ1) is 20.2. The quantitative estimate of drug-likeness (QED) is 0.668. The summed E-state index contributed by atoms with van der Waals surface area (Å²) in [5.41, 5.74) is 0.986. The number of rotatable bonds is 8. The summed E-state index contributed by atoms with van der Waals surface area (Å²) in [5.74, 6) is 2.14. The minimum Gasteiger partial charge on any atom is -0.497 e. The second-order valence-corrected chi connectivity index (χ2v) is 8.72. The van der Waals surface area contributed by atoms with E-state index in [-0.39, 0.29) is 11.9 Å². The molecule has 2 fully saturated rings. The Morgan fingerprint density at radius 2 is 1.93 bits per heavy atom. The topological polar surface area (TPSA) is 72.3 Å². The van der Waals surface area contributed by atoms with Gasteiger partial charge in [0.05, 0.1) is 18.9 Å². The molecule has 0 spiro atoms. The van der Waals surface area contributed by atoms with Gasteiger partial charge in [-0.05, 0) is 70.0 Å². The van der Waals surface area contributed by atoms with Crippen molar-refractivity contribution in [3.63, 3.8) is 0 Å². The van der Waals surface area contributed by atoms with Crippen LogP contribution in [0.15, 0.2) is 29.4 Å². The van der Waals surface area contributed by atoms with Crippen LogP contribution in [0, 0.1) is 0 Å². The van der Waals surface area contributed by atoms with E-state index in [9.17, 15) is 4.79 Å². The summed E-state index contributed by atoms with van der Waals surface area (Å²) in [7, 11) is 1.66. The SMILES string of the molecule is COc1ccc(-n2c(SCC(=O)NC3CC3)nnc2C(C)N2CCCCC2)cc1. The van der Waals surface area contributed by atoms with Gasteiger partial charge >= 0.3 is 0 Å². The molecule has 2 heterocycles. The Bertz CT molecular complexity index is 828. The van der Waals surface area contributed by atoms with Gasteiger partial charge in [0.2, 0.25) is 5.91 Å². The number of methoxy groups -OCH3 is 1. The number of nitrogens with zero attached hydrogens (tertiary/aromatic N) is 4. The molecule has 29 heavy (non-hydrogen) atoms. The van der Waals surface area contributed by atoms with Crippen molar-refractivity contribution in [2.24, 2.45) is 0 Å². The molecule has 1 aromatic heterocycles. The van der Waals surface area contributed by atoms with Gasteiger partial charge < -0.3 is 10.1 Å². The Morgan fingerprint density at radius 1 is 1.21 bits per heavy atom. The van der Waals surface area contributed by atoms with Crippen molar-refractivity contribution < 1.29 is 9.53 Å². The number of likely N-dealkylation sites (tertiary alicyclic amines) is 1. The number of hydrogen-bond acceptors (Lipinski definition) is 6. The molecular formula is C21H29N5O2S. The maximum absolute atomic E-state index is 12.2. The van der Waals surface area contributed by atoms with Crippen molar-refractivity contribution >= 4 is 17.7 Å². The van der Waals surface area contributed by atoms with Crippen molar-refractivity contribution in [1.82, 2.24) is 25.0 Å². The fourth-order valence-corrected chi connectivity index (χ4v) is 4.49. The van der Waals surface area contributed by atoms with Gasteiger partial charge in [0.1, 0.15) is 5.75 Å². The number of piperidine rings is 1. The summed E-state index contributed by atoms with van der Waals surface area (Å²) in [6.45, 7) is 4.37. The Morgan fingerprint density at radius 3 is 2.59 bits per heavy atom. The highest BCUT2D eigenvalue weighted by molar-refractivity contribution is 7.99. The van der Waals surface area contributed by atoms with E-state index in [0.29, 0.717) is 11.8 Å². The molecular weight excluding hydrogens is 386 g/mol. The van der Waals surface area contributed by atoms with Crippen molar-refractivity contribution in [3.05, 3.63) is 30.1 Å². The molecule has 1 saturated heterocycles. The summed E-state index contributed by atoms with van der Waals surface area (Å²) < 4.78 is 7.40.